The van der Waals surface area contributed by atoms with Gasteiger partial charge in [-0.1, -0.05) is 6.07 Å². The van der Waals surface area contributed by atoms with Crippen LogP contribution >= 0.6 is 0 Å². The van der Waals surface area contributed by atoms with Gasteiger partial charge in [0.25, 0.3) is 0 Å². The van der Waals surface area contributed by atoms with E-state index in [0.717, 1.165) is 0 Å². The summed E-state index contributed by atoms with van der Waals surface area (Å²) in [6.45, 7) is 2.44. The molecule has 0 bridgehead atoms. The fourth-order valence-corrected chi connectivity index (χ4v) is 2.65. The molecule has 0 spiro atoms. The van der Waals surface area contributed by atoms with Gasteiger partial charge in [-0.2, -0.15) is 5.26 Å². The average molecular weight is 289 g/mol. The zero-order valence-electron chi connectivity index (χ0n) is 12.5. The Labute approximate surface area is 124 Å². The predicted octanol–water partition coefficient (Wildman–Crippen LogP) is 2.31. The lowest BCUT2D eigenvalue weighted by atomic mass is 9.85. The first-order chi connectivity index (χ1) is 10.1. The van der Waals surface area contributed by atoms with Gasteiger partial charge in [0.15, 0.2) is 17.3 Å². The third kappa shape index (κ3) is 3.01. The second kappa shape index (κ2) is 6.59. The van der Waals surface area contributed by atoms with Crippen molar-refractivity contribution in [3.63, 3.8) is 0 Å². The Hall–Kier alpha value is -2.06. The van der Waals surface area contributed by atoms with Gasteiger partial charge in [-0.05, 0) is 31.0 Å². The SMILES string of the molecule is COc1ccc(C(C#N)C(=O)C2CCOC2C)cc1OC. The minimum absolute atomic E-state index is 0.0882. The third-order valence-electron chi connectivity index (χ3n) is 3.90. The monoisotopic (exact) mass is 289 g/mol. The van der Waals surface area contributed by atoms with E-state index in [4.69, 9.17) is 14.2 Å². The Morgan fingerprint density at radius 2 is 2.10 bits per heavy atom. The highest BCUT2D eigenvalue weighted by Gasteiger charge is 2.36. The number of Topliss-reactive ketones (excluding diaryl/α,β-unsaturated/α-hetero) is 1. The molecule has 1 aliphatic rings. The zero-order valence-corrected chi connectivity index (χ0v) is 12.5. The molecule has 3 atom stereocenters. The van der Waals surface area contributed by atoms with Crippen LogP contribution in [-0.4, -0.2) is 32.7 Å². The van der Waals surface area contributed by atoms with E-state index in [1.165, 1.54) is 7.11 Å². The summed E-state index contributed by atoms with van der Waals surface area (Å²) in [5.74, 6) is -0.0295. The maximum absolute atomic E-state index is 12.6. The number of rotatable bonds is 5. The minimum atomic E-state index is -0.807. The summed E-state index contributed by atoms with van der Waals surface area (Å²) in [6.07, 6.45) is 0.541. The molecular weight excluding hydrogens is 270 g/mol. The molecule has 1 aromatic carbocycles. The maximum atomic E-state index is 12.6. The van der Waals surface area contributed by atoms with Crippen LogP contribution in [0.4, 0.5) is 0 Å². The van der Waals surface area contributed by atoms with Crippen molar-refractivity contribution >= 4 is 5.78 Å². The Kier molecular flexibility index (Phi) is 4.81. The van der Waals surface area contributed by atoms with Crippen LogP contribution in [-0.2, 0) is 9.53 Å². The standard InChI is InChI=1S/C16H19NO4/c1-10-12(6-7-21-10)16(18)13(9-17)11-4-5-14(19-2)15(8-11)20-3/h4-5,8,10,12-13H,6-7H2,1-3H3. The Morgan fingerprint density at radius 1 is 1.38 bits per heavy atom. The van der Waals surface area contributed by atoms with E-state index in [9.17, 15) is 10.1 Å². The second-order valence-electron chi connectivity index (χ2n) is 5.05. The highest BCUT2D eigenvalue weighted by atomic mass is 16.5. The zero-order chi connectivity index (χ0) is 15.4. The summed E-state index contributed by atoms with van der Waals surface area (Å²) in [5, 5.41) is 9.40. The molecule has 1 saturated heterocycles. The van der Waals surface area contributed by atoms with E-state index in [1.54, 1.807) is 25.3 Å². The lowest BCUT2D eigenvalue weighted by Gasteiger charge is -2.17. The molecule has 0 radical (unpaired) electrons. The molecule has 2 rings (SSSR count). The van der Waals surface area contributed by atoms with Gasteiger partial charge in [-0.15, -0.1) is 0 Å². The molecule has 1 heterocycles. The largest absolute Gasteiger partial charge is 0.493 e. The van der Waals surface area contributed by atoms with E-state index < -0.39 is 5.92 Å². The average Bonchev–Trinajstić information content (AvgIpc) is 2.93. The summed E-state index contributed by atoms with van der Waals surface area (Å²) in [6, 6.07) is 7.23. The second-order valence-corrected chi connectivity index (χ2v) is 5.05. The van der Waals surface area contributed by atoms with Crippen molar-refractivity contribution in [2.45, 2.75) is 25.4 Å². The quantitative estimate of drug-likeness (QED) is 0.832. The smallest absolute Gasteiger partial charge is 0.161 e. The molecule has 1 aliphatic heterocycles. The predicted molar refractivity (Wildman–Crippen MR) is 76.4 cm³/mol. The number of nitrogens with zero attached hydrogens (tertiary/aromatic N) is 1. The molecule has 3 unspecified atom stereocenters. The van der Waals surface area contributed by atoms with Crippen LogP contribution in [0.1, 0.15) is 24.8 Å². The first kappa shape index (κ1) is 15.3. The van der Waals surface area contributed by atoms with Crippen LogP contribution in [0.15, 0.2) is 18.2 Å². The van der Waals surface area contributed by atoms with Crippen molar-refractivity contribution < 1.29 is 19.0 Å². The molecule has 0 N–H and O–H groups in total. The summed E-state index contributed by atoms with van der Waals surface area (Å²) in [5.41, 5.74) is 0.624. The van der Waals surface area contributed by atoms with Crippen LogP contribution < -0.4 is 9.47 Å². The van der Waals surface area contributed by atoms with Gasteiger partial charge in [0.2, 0.25) is 0 Å². The summed E-state index contributed by atoms with van der Waals surface area (Å²) < 4.78 is 15.8. The number of hydrogen-bond acceptors (Lipinski definition) is 5. The summed E-state index contributed by atoms with van der Waals surface area (Å²) in [7, 11) is 3.07. The first-order valence-electron chi connectivity index (χ1n) is 6.89. The van der Waals surface area contributed by atoms with Crippen molar-refractivity contribution in [2.75, 3.05) is 20.8 Å². The molecule has 5 nitrogen and oxygen atoms in total. The van der Waals surface area contributed by atoms with Gasteiger partial charge in [0.05, 0.1) is 26.4 Å². The van der Waals surface area contributed by atoms with Gasteiger partial charge in [-0.25, -0.2) is 0 Å². The van der Waals surface area contributed by atoms with E-state index in [2.05, 4.69) is 6.07 Å². The fraction of sp³-hybridized carbons (Fsp3) is 0.500. The fourth-order valence-electron chi connectivity index (χ4n) is 2.65. The summed E-state index contributed by atoms with van der Waals surface area (Å²) in [4.78, 5) is 12.6. The lowest BCUT2D eigenvalue weighted by molar-refractivity contribution is -0.124. The highest BCUT2D eigenvalue weighted by molar-refractivity contribution is 5.91. The van der Waals surface area contributed by atoms with Gasteiger partial charge in [0.1, 0.15) is 5.92 Å². The number of ether oxygens (including phenoxy) is 3. The maximum Gasteiger partial charge on any atom is 0.161 e. The van der Waals surface area contributed by atoms with Gasteiger partial charge >= 0.3 is 0 Å². The van der Waals surface area contributed by atoms with Crippen LogP contribution in [0.2, 0.25) is 0 Å². The first-order valence-corrected chi connectivity index (χ1v) is 6.89. The van der Waals surface area contributed by atoms with Crippen LogP contribution in [0, 0.1) is 17.2 Å². The van der Waals surface area contributed by atoms with Crippen molar-refractivity contribution in [3.05, 3.63) is 23.8 Å². The van der Waals surface area contributed by atoms with E-state index in [-0.39, 0.29) is 17.8 Å². The molecule has 0 amide bonds. The van der Waals surface area contributed by atoms with Crippen molar-refractivity contribution in [3.8, 4) is 17.6 Å². The number of carbonyl (C=O) groups excluding carboxylic acids is 1. The number of methoxy groups -OCH3 is 2. The van der Waals surface area contributed by atoms with Crippen molar-refractivity contribution in [2.24, 2.45) is 5.92 Å². The van der Waals surface area contributed by atoms with Crippen molar-refractivity contribution in [1.29, 1.82) is 5.26 Å². The number of benzene rings is 1. The molecular formula is C16H19NO4. The summed E-state index contributed by atoms with van der Waals surface area (Å²) >= 11 is 0. The van der Waals surface area contributed by atoms with Gasteiger partial charge < -0.3 is 14.2 Å². The topological polar surface area (TPSA) is 68.5 Å². The Morgan fingerprint density at radius 3 is 2.62 bits per heavy atom. The van der Waals surface area contributed by atoms with Gasteiger partial charge in [-0.3, -0.25) is 4.79 Å². The molecule has 1 fully saturated rings. The van der Waals surface area contributed by atoms with Crippen LogP contribution in [0.25, 0.3) is 0 Å². The van der Waals surface area contributed by atoms with Gasteiger partial charge in [0, 0.05) is 12.5 Å². The molecule has 0 saturated carbocycles. The number of hydrogen-bond donors (Lipinski definition) is 0. The molecule has 1 aromatic rings. The van der Waals surface area contributed by atoms with Crippen LogP contribution in [0.5, 0.6) is 11.5 Å². The Bertz CT molecular complexity index is 564. The molecule has 0 aliphatic carbocycles. The number of carbonyl (C=O) groups is 1. The van der Waals surface area contributed by atoms with Crippen molar-refractivity contribution in [1.82, 2.24) is 0 Å². The van der Waals surface area contributed by atoms with Crippen LogP contribution in [0.3, 0.4) is 0 Å². The number of nitriles is 1. The third-order valence-corrected chi connectivity index (χ3v) is 3.90. The lowest BCUT2D eigenvalue weighted by Crippen LogP contribution is -2.26. The molecule has 112 valence electrons. The van der Waals surface area contributed by atoms with E-state index >= 15 is 0 Å². The Balaban J connectivity index is 2.29. The number of ketones is 1. The molecule has 0 aromatic heterocycles. The van der Waals surface area contributed by atoms with E-state index in [0.29, 0.717) is 30.1 Å². The molecule has 5 heteroatoms. The highest BCUT2D eigenvalue weighted by Crippen LogP contribution is 2.33. The molecule has 21 heavy (non-hydrogen) atoms. The van der Waals surface area contributed by atoms with E-state index in [1.807, 2.05) is 6.92 Å². The normalized spacial score (nSPS) is 22.4. The minimum Gasteiger partial charge on any atom is -0.493 e.